The van der Waals surface area contributed by atoms with Crippen molar-refractivity contribution in [2.45, 2.75) is 6.54 Å². The first-order valence-electron chi connectivity index (χ1n) is 8.84. The van der Waals surface area contributed by atoms with Crippen molar-refractivity contribution in [3.8, 4) is 28.5 Å². The molecule has 0 aliphatic heterocycles. The second kappa shape index (κ2) is 8.96. The summed E-state index contributed by atoms with van der Waals surface area (Å²) in [7, 11) is 6.41. The molecule has 2 amide bonds. The number of ether oxygens (including phenoxy) is 3. The third-order valence-corrected chi connectivity index (χ3v) is 4.26. The molecule has 2 aromatic heterocycles. The molecule has 1 aromatic carbocycles. The summed E-state index contributed by atoms with van der Waals surface area (Å²) in [6.07, 6.45) is 3.45. The smallest absolute Gasteiger partial charge is 0.319 e. The minimum atomic E-state index is -0.379. The van der Waals surface area contributed by atoms with Crippen LogP contribution in [0, 0.1) is 0 Å². The number of amides is 2. The monoisotopic (exact) mass is 397 g/mol. The van der Waals surface area contributed by atoms with E-state index in [2.05, 4.69) is 20.7 Å². The zero-order valence-electron chi connectivity index (χ0n) is 16.7. The van der Waals surface area contributed by atoms with Crippen molar-refractivity contribution in [1.29, 1.82) is 0 Å². The van der Waals surface area contributed by atoms with Gasteiger partial charge in [0, 0.05) is 37.1 Å². The Morgan fingerprint density at radius 3 is 2.28 bits per heavy atom. The van der Waals surface area contributed by atoms with Crippen LogP contribution in [0.15, 0.2) is 42.7 Å². The number of nitrogens with one attached hydrogen (secondary N) is 2. The quantitative estimate of drug-likeness (QED) is 0.636. The molecule has 0 atom stereocenters. The van der Waals surface area contributed by atoms with Gasteiger partial charge in [-0.2, -0.15) is 5.10 Å². The number of aromatic nitrogens is 3. The number of nitrogens with zero attached hydrogens (tertiary/aromatic N) is 3. The van der Waals surface area contributed by atoms with Crippen LogP contribution in [-0.4, -0.2) is 42.1 Å². The van der Waals surface area contributed by atoms with Crippen LogP contribution in [0.2, 0.25) is 0 Å². The van der Waals surface area contributed by atoms with Crippen LogP contribution in [0.5, 0.6) is 17.2 Å². The number of rotatable bonds is 7. The van der Waals surface area contributed by atoms with E-state index in [1.807, 2.05) is 25.2 Å². The predicted molar refractivity (Wildman–Crippen MR) is 108 cm³/mol. The second-order valence-corrected chi connectivity index (χ2v) is 6.10. The number of carbonyl (C=O) groups is 1. The van der Waals surface area contributed by atoms with E-state index in [1.54, 1.807) is 29.2 Å². The van der Waals surface area contributed by atoms with E-state index < -0.39 is 0 Å². The average molecular weight is 397 g/mol. The van der Waals surface area contributed by atoms with Gasteiger partial charge in [0.05, 0.1) is 44.9 Å². The summed E-state index contributed by atoms with van der Waals surface area (Å²) < 4.78 is 17.6. The second-order valence-electron chi connectivity index (χ2n) is 6.10. The number of urea groups is 1. The van der Waals surface area contributed by atoms with Gasteiger partial charge in [-0.25, -0.2) is 4.79 Å². The van der Waals surface area contributed by atoms with E-state index in [0.29, 0.717) is 22.9 Å². The largest absolute Gasteiger partial charge is 0.493 e. The number of carbonyl (C=O) groups excluding carboxylic acids is 1. The molecule has 0 fully saturated rings. The first-order chi connectivity index (χ1) is 14.0. The van der Waals surface area contributed by atoms with Gasteiger partial charge in [0.25, 0.3) is 0 Å². The molecular formula is C20H23N5O4. The van der Waals surface area contributed by atoms with Crippen LogP contribution in [0.3, 0.4) is 0 Å². The molecule has 0 radical (unpaired) electrons. The Balaban J connectivity index is 1.66. The summed E-state index contributed by atoms with van der Waals surface area (Å²) in [5, 5.41) is 9.99. The molecule has 9 nitrogen and oxygen atoms in total. The van der Waals surface area contributed by atoms with E-state index in [-0.39, 0.29) is 12.6 Å². The summed E-state index contributed by atoms with van der Waals surface area (Å²) in [5.41, 5.74) is 3.19. The van der Waals surface area contributed by atoms with Crippen LogP contribution in [0.25, 0.3) is 11.3 Å². The highest BCUT2D eigenvalue weighted by atomic mass is 16.5. The molecule has 0 bridgehead atoms. The van der Waals surface area contributed by atoms with Gasteiger partial charge in [-0.05, 0) is 18.2 Å². The Morgan fingerprint density at radius 1 is 1.03 bits per heavy atom. The molecular weight excluding hydrogens is 374 g/mol. The fraction of sp³-hybridized carbons (Fsp3) is 0.250. The van der Waals surface area contributed by atoms with Crippen molar-refractivity contribution in [3.63, 3.8) is 0 Å². The number of aryl methyl sites for hydroxylation is 1. The Kier molecular flexibility index (Phi) is 6.18. The third-order valence-electron chi connectivity index (χ3n) is 4.26. The molecule has 2 heterocycles. The normalized spacial score (nSPS) is 10.3. The summed E-state index contributed by atoms with van der Waals surface area (Å²) >= 11 is 0. The molecule has 3 aromatic rings. The fourth-order valence-corrected chi connectivity index (χ4v) is 2.91. The lowest BCUT2D eigenvalue weighted by Crippen LogP contribution is -2.28. The van der Waals surface area contributed by atoms with Crippen LogP contribution < -0.4 is 24.8 Å². The third kappa shape index (κ3) is 4.57. The van der Waals surface area contributed by atoms with E-state index in [1.165, 1.54) is 21.3 Å². The molecule has 0 saturated carbocycles. The lowest BCUT2D eigenvalue weighted by Gasteiger charge is -2.14. The SMILES string of the molecule is COc1cc(NC(=O)NCc2cc(-c3ccncc3)n(C)n2)cc(OC)c1OC. The van der Waals surface area contributed by atoms with Crippen molar-refractivity contribution in [2.75, 3.05) is 26.6 Å². The lowest BCUT2D eigenvalue weighted by atomic mass is 10.2. The highest BCUT2D eigenvalue weighted by Gasteiger charge is 2.15. The van der Waals surface area contributed by atoms with Crippen molar-refractivity contribution in [3.05, 3.63) is 48.4 Å². The van der Waals surface area contributed by atoms with Gasteiger partial charge in [0.15, 0.2) is 11.5 Å². The predicted octanol–water partition coefficient (Wildman–Crippen LogP) is 2.83. The van der Waals surface area contributed by atoms with Gasteiger partial charge in [-0.3, -0.25) is 9.67 Å². The van der Waals surface area contributed by atoms with Gasteiger partial charge in [-0.1, -0.05) is 0 Å². The maximum absolute atomic E-state index is 12.3. The Hall–Kier alpha value is -3.75. The van der Waals surface area contributed by atoms with E-state index in [4.69, 9.17) is 14.2 Å². The van der Waals surface area contributed by atoms with Crippen LogP contribution in [0.4, 0.5) is 10.5 Å². The number of hydrogen-bond acceptors (Lipinski definition) is 6. The van der Waals surface area contributed by atoms with Crippen LogP contribution >= 0.6 is 0 Å². The molecule has 152 valence electrons. The number of hydrogen-bond donors (Lipinski definition) is 2. The average Bonchev–Trinajstić information content (AvgIpc) is 3.12. The highest BCUT2D eigenvalue weighted by Crippen LogP contribution is 2.39. The Labute approximate surface area is 168 Å². The summed E-state index contributed by atoms with van der Waals surface area (Å²) in [6.45, 7) is 0.273. The first kappa shape index (κ1) is 20.0. The summed E-state index contributed by atoms with van der Waals surface area (Å²) in [4.78, 5) is 16.3. The minimum absolute atomic E-state index is 0.273. The Bertz CT molecular complexity index is 963. The first-order valence-corrected chi connectivity index (χ1v) is 8.84. The topological polar surface area (TPSA) is 99.5 Å². The zero-order chi connectivity index (χ0) is 20.8. The van der Waals surface area contributed by atoms with Gasteiger partial charge in [0.2, 0.25) is 5.75 Å². The van der Waals surface area contributed by atoms with Crippen molar-refractivity contribution in [1.82, 2.24) is 20.1 Å². The summed E-state index contributed by atoms with van der Waals surface area (Å²) in [6, 6.07) is 8.67. The maximum atomic E-state index is 12.3. The van der Waals surface area contributed by atoms with Gasteiger partial charge >= 0.3 is 6.03 Å². The molecule has 0 aliphatic rings. The van der Waals surface area contributed by atoms with E-state index in [0.717, 1.165) is 17.0 Å². The molecule has 29 heavy (non-hydrogen) atoms. The van der Waals surface area contributed by atoms with Gasteiger partial charge in [-0.15, -0.1) is 0 Å². The minimum Gasteiger partial charge on any atom is -0.493 e. The van der Waals surface area contributed by atoms with Crippen LogP contribution in [-0.2, 0) is 13.6 Å². The van der Waals surface area contributed by atoms with E-state index >= 15 is 0 Å². The van der Waals surface area contributed by atoms with Gasteiger partial charge in [0.1, 0.15) is 0 Å². The molecule has 0 saturated heterocycles. The lowest BCUT2D eigenvalue weighted by molar-refractivity contribution is 0.251. The zero-order valence-corrected chi connectivity index (χ0v) is 16.7. The molecule has 0 aliphatic carbocycles. The molecule has 3 rings (SSSR count). The summed E-state index contributed by atoms with van der Waals surface area (Å²) in [5.74, 6) is 1.36. The Morgan fingerprint density at radius 2 is 1.69 bits per heavy atom. The number of pyridine rings is 1. The number of benzene rings is 1. The molecule has 9 heteroatoms. The number of methoxy groups -OCH3 is 3. The highest BCUT2D eigenvalue weighted by molar-refractivity contribution is 5.90. The van der Waals surface area contributed by atoms with E-state index in [9.17, 15) is 4.79 Å². The fourth-order valence-electron chi connectivity index (χ4n) is 2.91. The molecule has 0 spiro atoms. The molecule has 2 N–H and O–H groups in total. The van der Waals surface area contributed by atoms with Crippen molar-refractivity contribution >= 4 is 11.7 Å². The van der Waals surface area contributed by atoms with Gasteiger partial charge < -0.3 is 24.8 Å². The van der Waals surface area contributed by atoms with Crippen molar-refractivity contribution < 1.29 is 19.0 Å². The molecule has 0 unspecified atom stereocenters. The number of anilines is 1. The van der Waals surface area contributed by atoms with Crippen molar-refractivity contribution in [2.24, 2.45) is 7.05 Å². The van der Waals surface area contributed by atoms with Crippen LogP contribution in [0.1, 0.15) is 5.69 Å². The standard InChI is InChI=1S/C20H23N5O4/c1-25-16(13-5-7-21-8-6-13)9-15(24-25)12-22-20(26)23-14-10-17(27-2)19(29-4)18(11-14)28-3/h5-11H,12H2,1-4H3,(H2,22,23,26). The maximum Gasteiger partial charge on any atom is 0.319 e.